The van der Waals surface area contributed by atoms with E-state index in [0.29, 0.717) is 0 Å². The second-order valence-electron chi connectivity index (χ2n) is 5.52. The molecule has 4 rings (SSSR count). The summed E-state index contributed by atoms with van der Waals surface area (Å²) < 4.78 is 0. The number of rotatable bonds is 2. The number of nitrogens with zero attached hydrogens (tertiary/aromatic N) is 2. The zero-order valence-corrected chi connectivity index (χ0v) is 12.0. The van der Waals surface area contributed by atoms with Crippen molar-refractivity contribution in [2.45, 2.75) is 13.0 Å². The van der Waals surface area contributed by atoms with Gasteiger partial charge < -0.3 is 10.3 Å². The lowest BCUT2D eigenvalue weighted by molar-refractivity contribution is 0.228. The quantitative estimate of drug-likeness (QED) is 0.758. The minimum absolute atomic E-state index is 0.801. The SMILES string of the molecule is Clc1ccc2c(c1)Cc1[nH]c(CN3CCNCC3)nc1-2. The number of hydrogen-bond acceptors (Lipinski definition) is 3. The highest BCUT2D eigenvalue weighted by molar-refractivity contribution is 6.30. The fourth-order valence-corrected chi connectivity index (χ4v) is 3.30. The van der Waals surface area contributed by atoms with Gasteiger partial charge in [-0.1, -0.05) is 17.7 Å². The normalized spacial score (nSPS) is 18.1. The molecule has 1 aliphatic carbocycles. The molecule has 104 valence electrons. The monoisotopic (exact) mass is 288 g/mol. The molecule has 2 aliphatic rings. The summed E-state index contributed by atoms with van der Waals surface area (Å²) in [7, 11) is 0. The number of piperazine rings is 1. The first-order valence-corrected chi connectivity index (χ1v) is 7.47. The number of halogens is 1. The summed E-state index contributed by atoms with van der Waals surface area (Å²) in [6.45, 7) is 5.25. The fourth-order valence-electron chi connectivity index (χ4n) is 3.10. The van der Waals surface area contributed by atoms with E-state index < -0.39 is 0 Å². The van der Waals surface area contributed by atoms with E-state index in [1.807, 2.05) is 12.1 Å². The van der Waals surface area contributed by atoms with Gasteiger partial charge in [0.05, 0.1) is 12.2 Å². The number of aromatic nitrogens is 2. The smallest absolute Gasteiger partial charge is 0.121 e. The number of hydrogen-bond donors (Lipinski definition) is 2. The Balaban J connectivity index is 1.58. The highest BCUT2D eigenvalue weighted by Crippen LogP contribution is 2.36. The van der Waals surface area contributed by atoms with E-state index in [1.165, 1.54) is 16.8 Å². The number of benzene rings is 1. The molecular formula is C15H17ClN4. The largest absolute Gasteiger partial charge is 0.344 e. The van der Waals surface area contributed by atoms with Crippen LogP contribution in [0, 0.1) is 0 Å². The van der Waals surface area contributed by atoms with Crippen LogP contribution in [-0.2, 0) is 13.0 Å². The van der Waals surface area contributed by atoms with Crippen molar-refractivity contribution in [2.24, 2.45) is 0 Å². The Bertz CT molecular complexity index is 643. The standard InChI is InChI=1S/C15H17ClN4/c16-11-1-2-12-10(7-11)8-13-15(12)19-14(18-13)9-20-5-3-17-4-6-20/h1-2,7,17H,3-6,8-9H2,(H,18,19). The molecule has 0 bridgehead atoms. The topological polar surface area (TPSA) is 44.0 Å². The molecule has 1 saturated heterocycles. The molecule has 0 spiro atoms. The van der Waals surface area contributed by atoms with Crippen molar-refractivity contribution in [3.8, 4) is 11.3 Å². The molecule has 5 heteroatoms. The van der Waals surface area contributed by atoms with Crippen molar-refractivity contribution in [3.05, 3.63) is 40.3 Å². The van der Waals surface area contributed by atoms with Crippen molar-refractivity contribution in [2.75, 3.05) is 26.2 Å². The summed E-state index contributed by atoms with van der Waals surface area (Å²) in [5, 5.41) is 4.17. The van der Waals surface area contributed by atoms with E-state index in [2.05, 4.69) is 21.3 Å². The lowest BCUT2D eigenvalue weighted by Crippen LogP contribution is -2.43. The fraction of sp³-hybridized carbons (Fsp3) is 0.400. The molecule has 1 aromatic carbocycles. The maximum atomic E-state index is 6.05. The molecule has 4 nitrogen and oxygen atoms in total. The van der Waals surface area contributed by atoms with Crippen molar-refractivity contribution in [1.29, 1.82) is 0 Å². The minimum Gasteiger partial charge on any atom is -0.344 e. The zero-order chi connectivity index (χ0) is 13.5. The third-order valence-electron chi connectivity index (χ3n) is 4.10. The van der Waals surface area contributed by atoms with E-state index in [9.17, 15) is 0 Å². The van der Waals surface area contributed by atoms with Gasteiger partial charge in [-0.2, -0.15) is 0 Å². The average molecular weight is 289 g/mol. The molecule has 0 amide bonds. The summed E-state index contributed by atoms with van der Waals surface area (Å²) in [6, 6.07) is 6.07. The summed E-state index contributed by atoms with van der Waals surface area (Å²) >= 11 is 6.05. The van der Waals surface area contributed by atoms with E-state index >= 15 is 0 Å². The van der Waals surface area contributed by atoms with Gasteiger partial charge in [0.15, 0.2) is 0 Å². The Morgan fingerprint density at radius 3 is 2.95 bits per heavy atom. The van der Waals surface area contributed by atoms with Gasteiger partial charge in [0.25, 0.3) is 0 Å². The van der Waals surface area contributed by atoms with E-state index in [0.717, 1.165) is 55.7 Å². The first kappa shape index (κ1) is 12.4. The van der Waals surface area contributed by atoms with Gasteiger partial charge in [-0.15, -0.1) is 0 Å². The molecule has 2 heterocycles. The van der Waals surface area contributed by atoms with Crippen LogP contribution in [0.2, 0.25) is 5.02 Å². The third kappa shape index (κ3) is 2.14. The van der Waals surface area contributed by atoms with Crippen LogP contribution in [0.3, 0.4) is 0 Å². The van der Waals surface area contributed by atoms with Crippen LogP contribution in [0.5, 0.6) is 0 Å². The van der Waals surface area contributed by atoms with E-state index in [-0.39, 0.29) is 0 Å². The molecule has 1 aromatic heterocycles. The Morgan fingerprint density at radius 2 is 2.10 bits per heavy atom. The zero-order valence-electron chi connectivity index (χ0n) is 11.2. The molecule has 1 aliphatic heterocycles. The van der Waals surface area contributed by atoms with Crippen LogP contribution in [0.1, 0.15) is 17.1 Å². The van der Waals surface area contributed by atoms with Crippen LogP contribution in [0.15, 0.2) is 18.2 Å². The molecule has 0 atom stereocenters. The highest BCUT2D eigenvalue weighted by Gasteiger charge is 2.23. The summed E-state index contributed by atoms with van der Waals surface area (Å²) in [5.74, 6) is 1.08. The third-order valence-corrected chi connectivity index (χ3v) is 4.34. The van der Waals surface area contributed by atoms with Gasteiger partial charge in [-0.3, -0.25) is 4.90 Å². The van der Waals surface area contributed by atoms with Crippen LogP contribution >= 0.6 is 11.6 Å². The molecule has 2 N–H and O–H groups in total. The Hall–Kier alpha value is -1.36. The van der Waals surface area contributed by atoms with Gasteiger partial charge in [0.2, 0.25) is 0 Å². The Kier molecular flexibility index (Phi) is 3.02. The maximum Gasteiger partial charge on any atom is 0.121 e. The van der Waals surface area contributed by atoms with E-state index in [1.54, 1.807) is 0 Å². The van der Waals surface area contributed by atoms with Crippen LogP contribution in [-0.4, -0.2) is 41.0 Å². The van der Waals surface area contributed by atoms with Gasteiger partial charge in [0.1, 0.15) is 5.82 Å². The first-order valence-electron chi connectivity index (χ1n) is 7.09. The molecule has 1 fully saturated rings. The number of imidazole rings is 1. The molecule has 20 heavy (non-hydrogen) atoms. The molecule has 0 saturated carbocycles. The Morgan fingerprint density at radius 1 is 1.25 bits per heavy atom. The predicted molar refractivity (Wildman–Crippen MR) is 80.0 cm³/mol. The summed E-state index contributed by atoms with van der Waals surface area (Å²) in [4.78, 5) is 10.7. The van der Waals surface area contributed by atoms with Gasteiger partial charge in [-0.25, -0.2) is 4.98 Å². The minimum atomic E-state index is 0.801. The number of H-pyrrole nitrogens is 1. The second-order valence-corrected chi connectivity index (χ2v) is 5.95. The lowest BCUT2D eigenvalue weighted by atomic mass is 10.1. The van der Waals surface area contributed by atoms with Crippen LogP contribution in [0.25, 0.3) is 11.3 Å². The lowest BCUT2D eigenvalue weighted by Gasteiger charge is -2.26. The number of fused-ring (bicyclic) bond motifs is 3. The van der Waals surface area contributed by atoms with Crippen molar-refractivity contribution < 1.29 is 0 Å². The second kappa shape index (κ2) is 4.88. The molecular weight excluding hydrogens is 272 g/mol. The Labute approximate surface area is 123 Å². The van der Waals surface area contributed by atoms with Crippen molar-refractivity contribution in [1.82, 2.24) is 20.2 Å². The molecule has 0 unspecified atom stereocenters. The van der Waals surface area contributed by atoms with Gasteiger partial charge >= 0.3 is 0 Å². The van der Waals surface area contributed by atoms with Gasteiger partial charge in [-0.05, 0) is 17.7 Å². The summed E-state index contributed by atoms with van der Waals surface area (Å²) in [6.07, 6.45) is 0.916. The maximum absolute atomic E-state index is 6.05. The van der Waals surface area contributed by atoms with Crippen LogP contribution in [0.4, 0.5) is 0 Å². The highest BCUT2D eigenvalue weighted by atomic mass is 35.5. The average Bonchev–Trinajstić information content (AvgIpc) is 2.96. The molecule has 2 aromatic rings. The summed E-state index contributed by atoms with van der Waals surface area (Å²) in [5.41, 5.74) is 4.85. The number of aromatic amines is 1. The van der Waals surface area contributed by atoms with Crippen LogP contribution < -0.4 is 5.32 Å². The number of nitrogens with one attached hydrogen (secondary N) is 2. The van der Waals surface area contributed by atoms with Crippen molar-refractivity contribution in [3.63, 3.8) is 0 Å². The van der Waals surface area contributed by atoms with Gasteiger partial charge in [0, 0.05) is 48.9 Å². The molecule has 0 radical (unpaired) electrons. The predicted octanol–water partition coefficient (Wildman–Crippen LogP) is 2.04. The first-order chi connectivity index (χ1) is 9.79. The van der Waals surface area contributed by atoms with E-state index in [4.69, 9.17) is 16.6 Å². The van der Waals surface area contributed by atoms with Crippen molar-refractivity contribution >= 4 is 11.6 Å².